The molecule has 4 heteroatoms. The lowest BCUT2D eigenvalue weighted by molar-refractivity contribution is -0.150. The number of nitrogens with zero attached hydrogens (tertiary/aromatic N) is 2. The molecular weight excluding hydrogens is 214 g/mol. The van der Waals surface area contributed by atoms with Crippen LogP contribution < -0.4 is 5.73 Å². The minimum atomic E-state index is 0.326. The van der Waals surface area contributed by atoms with E-state index in [0.29, 0.717) is 23.5 Å². The van der Waals surface area contributed by atoms with Crippen LogP contribution in [0.15, 0.2) is 4.99 Å². The number of ether oxygens (including phenoxy) is 1. The van der Waals surface area contributed by atoms with Gasteiger partial charge in [-0.15, -0.1) is 0 Å². The molecule has 2 saturated carbocycles. The van der Waals surface area contributed by atoms with E-state index in [2.05, 4.69) is 18.7 Å². The molecule has 0 heterocycles. The van der Waals surface area contributed by atoms with Crippen LogP contribution in [0.2, 0.25) is 0 Å². The Labute approximate surface area is 104 Å². The van der Waals surface area contributed by atoms with E-state index in [9.17, 15) is 0 Å². The molecule has 0 aromatic carbocycles. The predicted molar refractivity (Wildman–Crippen MR) is 70.0 cm³/mol. The number of hydrogen-bond donors (Lipinski definition) is 1. The minimum absolute atomic E-state index is 0.326. The summed E-state index contributed by atoms with van der Waals surface area (Å²) in [6.07, 6.45) is 5.28. The normalized spacial score (nSPS) is 30.9. The van der Waals surface area contributed by atoms with Crippen molar-refractivity contribution >= 4 is 5.96 Å². The van der Waals surface area contributed by atoms with Gasteiger partial charge in [0.2, 0.25) is 0 Å². The Balaban J connectivity index is 2.02. The van der Waals surface area contributed by atoms with Crippen molar-refractivity contribution in [1.29, 1.82) is 0 Å². The zero-order chi connectivity index (χ0) is 12.5. The molecule has 2 unspecified atom stereocenters. The van der Waals surface area contributed by atoms with E-state index in [4.69, 9.17) is 15.5 Å². The first-order valence-electron chi connectivity index (χ1n) is 6.79. The summed E-state index contributed by atoms with van der Waals surface area (Å²) in [4.78, 5) is 6.86. The van der Waals surface area contributed by atoms with Gasteiger partial charge in [0.15, 0.2) is 5.96 Å². The van der Waals surface area contributed by atoms with Crippen molar-refractivity contribution in [3.8, 4) is 0 Å². The molecule has 2 rings (SSSR count). The van der Waals surface area contributed by atoms with E-state index in [1.807, 2.05) is 7.11 Å². The van der Waals surface area contributed by atoms with Crippen LogP contribution in [0, 0.1) is 5.41 Å². The molecular formula is C13H25N3O. The van der Waals surface area contributed by atoms with Crippen LogP contribution in [0.5, 0.6) is 0 Å². The summed E-state index contributed by atoms with van der Waals surface area (Å²) < 4.78 is 5.55. The molecule has 0 amide bonds. The van der Waals surface area contributed by atoms with E-state index < -0.39 is 0 Å². The molecule has 0 aromatic rings. The number of nitrogens with two attached hydrogens (primary N) is 1. The smallest absolute Gasteiger partial charge is 0.191 e. The first-order valence-corrected chi connectivity index (χ1v) is 6.79. The zero-order valence-electron chi connectivity index (χ0n) is 11.3. The van der Waals surface area contributed by atoms with Crippen LogP contribution in [0.25, 0.3) is 0 Å². The van der Waals surface area contributed by atoms with Gasteiger partial charge < -0.3 is 15.4 Å². The fourth-order valence-corrected chi connectivity index (χ4v) is 3.27. The Morgan fingerprint density at radius 2 is 2.06 bits per heavy atom. The summed E-state index contributed by atoms with van der Waals surface area (Å²) in [5, 5.41) is 0. The van der Waals surface area contributed by atoms with Crippen LogP contribution in [0.4, 0.5) is 0 Å². The average molecular weight is 239 g/mol. The monoisotopic (exact) mass is 239 g/mol. The summed E-state index contributed by atoms with van der Waals surface area (Å²) >= 11 is 0. The molecule has 17 heavy (non-hydrogen) atoms. The van der Waals surface area contributed by atoms with Crippen LogP contribution in [-0.4, -0.2) is 43.2 Å². The van der Waals surface area contributed by atoms with E-state index in [-0.39, 0.29) is 0 Å². The van der Waals surface area contributed by atoms with Crippen LogP contribution >= 0.6 is 0 Å². The quantitative estimate of drug-likeness (QED) is 0.599. The fraction of sp³-hybridized carbons (Fsp3) is 0.923. The average Bonchev–Trinajstić information content (AvgIpc) is 2.23. The maximum atomic E-state index is 6.07. The molecule has 4 nitrogen and oxygen atoms in total. The number of methoxy groups -OCH3 is 1. The van der Waals surface area contributed by atoms with E-state index in [0.717, 1.165) is 19.5 Å². The third-order valence-corrected chi connectivity index (χ3v) is 4.69. The lowest BCUT2D eigenvalue weighted by atomic mass is 9.51. The second kappa shape index (κ2) is 4.84. The highest BCUT2D eigenvalue weighted by Gasteiger charge is 2.59. The molecule has 98 valence electrons. The minimum Gasteiger partial charge on any atom is -0.381 e. The van der Waals surface area contributed by atoms with Gasteiger partial charge in [-0.05, 0) is 33.1 Å². The van der Waals surface area contributed by atoms with Crippen molar-refractivity contribution in [2.75, 3.05) is 20.2 Å². The second-order valence-electron chi connectivity index (χ2n) is 5.22. The molecule has 2 fully saturated rings. The van der Waals surface area contributed by atoms with E-state index >= 15 is 0 Å². The molecule has 1 spiro atoms. The van der Waals surface area contributed by atoms with Gasteiger partial charge in [0.25, 0.3) is 0 Å². The van der Waals surface area contributed by atoms with Crippen molar-refractivity contribution in [3.63, 3.8) is 0 Å². The third-order valence-electron chi connectivity index (χ3n) is 4.69. The lowest BCUT2D eigenvalue weighted by Gasteiger charge is -2.59. The molecule has 2 N–H and O–H groups in total. The largest absolute Gasteiger partial charge is 0.381 e. The Kier molecular flexibility index (Phi) is 3.61. The van der Waals surface area contributed by atoms with Gasteiger partial charge >= 0.3 is 0 Å². The molecule has 0 radical (unpaired) electrons. The van der Waals surface area contributed by atoms with E-state index in [1.165, 1.54) is 19.3 Å². The molecule has 2 atom stereocenters. The standard InChI is InChI=1S/C13H25N3O/c1-4-16(5-2)12(14)15-10-9-11(17-3)13(10)7-6-8-13/h10-11H,4-9H2,1-3H3,(H2,14,15). The summed E-state index contributed by atoms with van der Waals surface area (Å²) in [6, 6.07) is 0.391. The maximum absolute atomic E-state index is 6.07. The number of hydrogen-bond acceptors (Lipinski definition) is 2. The number of guanidine groups is 1. The van der Waals surface area contributed by atoms with Gasteiger partial charge in [-0.2, -0.15) is 0 Å². The van der Waals surface area contributed by atoms with Crippen LogP contribution in [0.1, 0.15) is 39.5 Å². The highest BCUT2D eigenvalue weighted by Crippen LogP contribution is 2.58. The van der Waals surface area contributed by atoms with Gasteiger partial charge in [0.1, 0.15) is 0 Å². The maximum Gasteiger partial charge on any atom is 0.191 e. The van der Waals surface area contributed by atoms with Gasteiger partial charge in [-0.25, -0.2) is 4.99 Å². The summed E-state index contributed by atoms with van der Waals surface area (Å²) in [6.45, 7) is 6.09. The molecule has 2 aliphatic rings. The second-order valence-corrected chi connectivity index (χ2v) is 5.22. The third kappa shape index (κ3) is 1.92. The summed E-state index contributed by atoms with van der Waals surface area (Å²) in [7, 11) is 1.82. The van der Waals surface area contributed by atoms with Gasteiger partial charge in [-0.1, -0.05) is 6.42 Å². The molecule has 0 bridgehead atoms. The highest BCUT2D eigenvalue weighted by molar-refractivity contribution is 5.78. The van der Waals surface area contributed by atoms with Crippen molar-refractivity contribution in [2.24, 2.45) is 16.1 Å². The lowest BCUT2D eigenvalue weighted by Crippen LogP contribution is -2.61. The van der Waals surface area contributed by atoms with Crippen molar-refractivity contribution in [2.45, 2.75) is 51.7 Å². The van der Waals surface area contributed by atoms with Gasteiger partial charge in [0, 0.05) is 25.6 Å². The van der Waals surface area contributed by atoms with Crippen molar-refractivity contribution < 1.29 is 4.74 Å². The predicted octanol–water partition coefficient (Wildman–Crippen LogP) is 1.60. The van der Waals surface area contributed by atoms with Gasteiger partial charge in [0.05, 0.1) is 12.1 Å². The first-order chi connectivity index (χ1) is 8.17. The zero-order valence-corrected chi connectivity index (χ0v) is 11.3. The molecule has 0 aromatic heterocycles. The first kappa shape index (κ1) is 12.7. The summed E-state index contributed by atoms with van der Waals surface area (Å²) in [5.74, 6) is 0.709. The Morgan fingerprint density at radius 3 is 2.47 bits per heavy atom. The van der Waals surface area contributed by atoms with Crippen molar-refractivity contribution in [1.82, 2.24) is 4.90 Å². The van der Waals surface area contributed by atoms with E-state index in [1.54, 1.807) is 0 Å². The molecule has 0 aliphatic heterocycles. The summed E-state index contributed by atoms with van der Waals surface area (Å²) in [5.41, 5.74) is 6.40. The highest BCUT2D eigenvalue weighted by atomic mass is 16.5. The Morgan fingerprint density at radius 1 is 1.41 bits per heavy atom. The SMILES string of the molecule is CCN(CC)C(N)=NC1CC(OC)C12CCC2. The fourth-order valence-electron chi connectivity index (χ4n) is 3.27. The Hall–Kier alpha value is -0.770. The van der Waals surface area contributed by atoms with Crippen LogP contribution in [0.3, 0.4) is 0 Å². The molecule has 0 saturated heterocycles. The van der Waals surface area contributed by atoms with Gasteiger partial charge in [-0.3, -0.25) is 0 Å². The van der Waals surface area contributed by atoms with Crippen LogP contribution in [-0.2, 0) is 4.74 Å². The number of aliphatic imine (C=N–C) groups is 1. The Bertz CT molecular complexity index is 295. The number of rotatable bonds is 4. The topological polar surface area (TPSA) is 50.8 Å². The van der Waals surface area contributed by atoms with Crippen molar-refractivity contribution in [3.05, 3.63) is 0 Å². The molecule has 2 aliphatic carbocycles.